The second-order valence-corrected chi connectivity index (χ2v) is 7.06. The molecule has 1 aromatic carbocycles. The molecule has 1 aliphatic heterocycles. The molecule has 0 bridgehead atoms. The predicted molar refractivity (Wildman–Crippen MR) is 105 cm³/mol. The molecule has 0 spiro atoms. The molecule has 28 heavy (non-hydrogen) atoms. The normalized spacial score (nSPS) is 14.1. The number of rotatable bonds is 6. The highest BCUT2D eigenvalue weighted by Gasteiger charge is 2.22. The van der Waals surface area contributed by atoms with Crippen LogP contribution in [0.5, 0.6) is 5.75 Å². The zero-order valence-electron chi connectivity index (χ0n) is 16.2. The Morgan fingerprint density at radius 1 is 1.36 bits per heavy atom. The van der Waals surface area contributed by atoms with Crippen LogP contribution in [0.3, 0.4) is 0 Å². The molecule has 1 N–H and O–H groups in total. The first-order valence-electron chi connectivity index (χ1n) is 9.23. The maximum Gasteiger partial charge on any atom is 0.339 e. The molecule has 1 saturated heterocycles. The van der Waals surface area contributed by atoms with Gasteiger partial charge in [0.05, 0.1) is 6.54 Å². The van der Waals surface area contributed by atoms with Gasteiger partial charge < -0.3 is 19.4 Å². The van der Waals surface area contributed by atoms with E-state index in [1.807, 2.05) is 26.0 Å². The molecule has 2 amide bonds. The number of hydrogen-bond donors (Lipinski definition) is 1. The molecule has 2 heterocycles. The lowest BCUT2D eigenvalue weighted by molar-refractivity contribution is -0.138. The van der Waals surface area contributed by atoms with E-state index < -0.39 is 5.63 Å². The van der Waals surface area contributed by atoms with E-state index >= 15 is 0 Å². The summed E-state index contributed by atoms with van der Waals surface area (Å²) in [4.78, 5) is 37.8. The number of nitrogens with one attached hydrogen (secondary N) is 1. The fourth-order valence-electron chi connectivity index (χ4n) is 3.20. The molecule has 1 aliphatic rings. The van der Waals surface area contributed by atoms with Gasteiger partial charge in [-0.15, -0.1) is 0 Å². The van der Waals surface area contributed by atoms with Crippen molar-refractivity contribution in [2.24, 2.45) is 0 Å². The minimum atomic E-state index is -0.453. The number of ether oxygens (including phenoxy) is 1. The number of carbonyl (C=O) groups excluding carboxylic acids is 2. The van der Waals surface area contributed by atoms with E-state index in [-0.39, 0.29) is 31.2 Å². The number of fused-ring (bicyclic) bond motifs is 1. The lowest BCUT2D eigenvalue weighted by Crippen LogP contribution is -2.50. The van der Waals surface area contributed by atoms with Crippen molar-refractivity contribution in [2.45, 2.75) is 26.7 Å². The number of benzene rings is 1. The Morgan fingerprint density at radius 2 is 2.14 bits per heavy atom. The molecule has 0 unspecified atom stereocenters. The summed E-state index contributed by atoms with van der Waals surface area (Å²) >= 11 is 0. The Bertz CT molecular complexity index is 992. The van der Waals surface area contributed by atoms with E-state index in [1.54, 1.807) is 6.07 Å². The summed E-state index contributed by atoms with van der Waals surface area (Å²) in [5, 5.41) is 3.49. The molecule has 3 rings (SSSR count). The van der Waals surface area contributed by atoms with Crippen molar-refractivity contribution in [1.29, 1.82) is 0 Å². The molecule has 148 valence electrons. The van der Waals surface area contributed by atoms with Crippen molar-refractivity contribution in [3.05, 3.63) is 51.9 Å². The largest absolute Gasteiger partial charge is 0.489 e. The molecule has 7 heteroatoms. The minimum Gasteiger partial charge on any atom is -0.489 e. The monoisotopic (exact) mass is 384 g/mol. The number of hydrogen-bond acceptors (Lipinski definition) is 5. The molecular formula is C21H24N2O5. The van der Waals surface area contributed by atoms with Crippen LogP contribution >= 0.6 is 0 Å². The van der Waals surface area contributed by atoms with Crippen molar-refractivity contribution in [3.8, 4) is 5.75 Å². The first-order chi connectivity index (χ1) is 13.3. The highest BCUT2D eigenvalue weighted by Crippen LogP contribution is 2.25. The van der Waals surface area contributed by atoms with Gasteiger partial charge in [-0.25, -0.2) is 4.79 Å². The zero-order valence-corrected chi connectivity index (χ0v) is 16.2. The van der Waals surface area contributed by atoms with Crippen LogP contribution in [0.25, 0.3) is 11.0 Å². The van der Waals surface area contributed by atoms with Crippen molar-refractivity contribution in [2.75, 3.05) is 26.2 Å². The summed E-state index contributed by atoms with van der Waals surface area (Å²) in [7, 11) is 0. The third-order valence-corrected chi connectivity index (χ3v) is 4.72. The number of aryl methyl sites for hydroxylation is 1. The average Bonchev–Trinajstić information content (AvgIpc) is 2.65. The van der Waals surface area contributed by atoms with Gasteiger partial charge in [-0.05, 0) is 43.5 Å². The third-order valence-electron chi connectivity index (χ3n) is 4.72. The highest BCUT2D eigenvalue weighted by atomic mass is 16.5. The Morgan fingerprint density at radius 3 is 2.86 bits per heavy atom. The summed E-state index contributed by atoms with van der Waals surface area (Å²) < 4.78 is 11.1. The van der Waals surface area contributed by atoms with Crippen LogP contribution in [0.15, 0.2) is 39.6 Å². The van der Waals surface area contributed by atoms with Gasteiger partial charge in [0.2, 0.25) is 11.8 Å². The van der Waals surface area contributed by atoms with E-state index in [9.17, 15) is 14.4 Å². The summed E-state index contributed by atoms with van der Waals surface area (Å²) in [5.74, 6) is 0.298. The fourth-order valence-corrected chi connectivity index (χ4v) is 3.20. The van der Waals surface area contributed by atoms with Crippen molar-refractivity contribution in [3.63, 3.8) is 0 Å². The summed E-state index contributed by atoms with van der Waals surface area (Å²) in [6.45, 7) is 8.92. The van der Waals surface area contributed by atoms with E-state index in [4.69, 9.17) is 9.15 Å². The summed E-state index contributed by atoms with van der Waals surface area (Å²) in [6.07, 6.45) is 0.430. The van der Waals surface area contributed by atoms with Crippen LogP contribution in [0.2, 0.25) is 0 Å². The average molecular weight is 384 g/mol. The molecule has 7 nitrogen and oxygen atoms in total. The molecule has 2 aromatic rings. The van der Waals surface area contributed by atoms with Crippen molar-refractivity contribution < 1.29 is 18.7 Å². The van der Waals surface area contributed by atoms with Gasteiger partial charge in [0.1, 0.15) is 17.9 Å². The van der Waals surface area contributed by atoms with Crippen LogP contribution in [0, 0.1) is 6.92 Å². The van der Waals surface area contributed by atoms with E-state index in [0.717, 1.165) is 16.5 Å². The lowest BCUT2D eigenvalue weighted by Gasteiger charge is -2.26. The van der Waals surface area contributed by atoms with E-state index in [2.05, 4.69) is 11.9 Å². The Balaban J connectivity index is 1.77. The highest BCUT2D eigenvalue weighted by molar-refractivity contribution is 5.86. The van der Waals surface area contributed by atoms with Gasteiger partial charge in [-0.2, -0.15) is 0 Å². The molecular weight excluding hydrogens is 360 g/mol. The SMILES string of the molecule is C=C(C)COc1ccc2c(C)c(CCC(=O)N3CCNC(=O)C3)c(=O)oc2c1. The van der Waals surface area contributed by atoms with Gasteiger partial charge in [0.25, 0.3) is 0 Å². The van der Waals surface area contributed by atoms with Crippen molar-refractivity contribution in [1.82, 2.24) is 10.2 Å². The molecule has 0 aliphatic carbocycles. The van der Waals surface area contributed by atoms with E-state index in [0.29, 0.717) is 36.6 Å². The lowest BCUT2D eigenvalue weighted by atomic mass is 10.0. The van der Waals surface area contributed by atoms with Gasteiger partial charge in [0, 0.05) is 36.5 Å². The maximum atomic E-state index is 12.5. The number of carbonyl (C=O) groups is 2. The zero-order chi connectivity index (χ0) is 20.3. The van der Waals surface area contributed by atoms with Crippen LogP contribution in [0.4, 0.5) is 0 Å². The number of piperazine rings is 1. The van der Waals surface area contributed by atoms with Crippen LogP contribution in [-0.2, 0) is 16.0 Å². The van der Waals surface area contributed by atoms with Gasteiger partial charge in [-0.3, -0.25) is 9.59 Å². The quantitative estimate of drug-likeness (QED) is 0.607. The first-order valence-corrected chi connectivity index (χ1v) is 9.23. The van der Waals surface area contributed by atoms with Crippen molar-refractivity contribution >= 4 is 22.8 Å². The Hall–Kier alpha value is -3.09. The summed E-state index contributed by atoms with van der Waals surface area (Å²) in [5.41, 5.74) is 2.17. The third kappa shape index (κ3) is 4.42. The smallest absolute Gasteiger partial charge is 0.339 e. The molecule has 1 fully saturated rings. The predicted octanol–water partition coefficient (Wildman–Crippen LogP) is 1.95. The second-order valence-electron chi connectivity index (χ2n) is 7.06. The number of nitrogens with zero attached hydrogens (tertiary/aromatic N) is 1. The maximum absolute atomic E-state index is 12.5. The minimum absolute atomic E-state index is 0.0666. The van der Waals surface area contributed by atoms with E-state index in [1.165, 1.54) is 4.90 Å². The standard InChI is InChI=1S/C21H24N2O5/c1-13(2)12-27-15-4-5-16-14(3)17(21(26)28-18(16)10-15)6-7-20(25)23-9-8-22-19(24)11-23/h4-5,10H,1,6-9,11-12H2,2-3H3,(H,22,24). The van der Waals surface area contributed by atoms with Gasteiger partial charge in [-0.1, -0.05) is 6.58 Å². The van der Waals surface area contributed by atoms with Crippen LogP contribution in [0.1, 0.15) is 24.5 Å². The van der Waals surface area contributed by atoms with Crippen LogP contribution < -0.4 is 15.7 Å². The van der Waals surface area contributed by atoms with Gasteiger partial charge in [0.15, 0.2) is 0 Å². The van der Waals surface area contributed by atoms with Crippen LogP contribution in [-0.4, -0.2) is 43.0 Å². The Kier molecular flexibility index (Phi) is 5.82. The molecule has 0 radical (unpaired) electrons. The van der Waals surface area contributed by atoms with Gasteiger partial charge >= 0.3 is 5.63 Å². The fraction of sp³-hybridized carbons (Fsp3) is 0.381. The second kappa shape index (κ2) is 8.29. The molecule has 1 aromatic heterocycles. The number of amides is 2. The molecule has 0 atom stereocenters. The topological polar surface area (TPSA) is 88.9 Å². The Labute approximate surface area is 163 Å². The summed E-state index contributed by atoms with van der Waals surface area (Å²) in [6, 6.07) is 5.36. The first kappa shape index (κ1) is 19.7. The molecule has 0 saturated carbocycles.